The number of fused-ring (bicyclic) bond motifs is 1. The summed E-state index contributed by atoms with van der Waals surface area (Å²) < 4.78 is 0. The Hall–Kier alpha value is -2.93. The van der Waals surface area contributed by atoms with E-state index >= 15 is 0 Å². The van der Waals surface area contributed by atoms with Crippen LogP contribution >= 0.6 is 0 Å². The molecular weight excluding hydrogens is 306 g/mol. The topological polar surface area (TPSA) is 137 Å². The maximum Gasteiger partial charge on any atom is 0.258 e. The van der Waals surface area contributed by atoms with Crippen LogP contribution in [0.25, 0.3) is 10.8 Å². The second-order valence-corrected chi connectivity index (χ2v) is 5.40. The van der Waals surface area contributed by atoms with Gasteiger partial charge in [0.05, 0.1) is 6.04 Å². The van der Waals surface area contributed by atoms with Gasteiger partial charge in [0.1, 0.15) is 0 Å². The zero-order chi connectivity index (χ0) is 17.5. The summed E-state index contributed by atoms with van der Waals surface area (Å²) in [7, 11) is 0. The number of nitrogens with two attached hydrogens (primary N) is 3. The molecule has 0 aromatic heterocycles. The van der Waals surface area contributed by atoms with E-state index in [0.29, 0.717) is 24.9 Å². The van der Waals surface area contributed by atoms with Crippen LogP contribution < -0.4 is 22.5 Å². The number of guanidine groups is 1. The predicted molar refractivity (Wildman–Crippen MR) is 94.3 cm³/mol. The maximum atomic E-state index is 12.4. The van der Waals surface area contributed by atoms with Gasteiger partial charge in [-0.3, -0.25) is 19.9 Å². The molecule has 2 aromatic rings. The lowest BCUT2D eigenvalue weighted by Gasteiger charge is -2.12. The number of carbonyl (C=O) groups is 2. The van der Waals surface area contributed by atoms with E-state index in [9.17, 15) is 9.59 Å². The zero-order valence-electron chi connectivity index (χ0n) is 13.2. The molecular formula is C17H21N5O2. The molecule has 2 amide bonds. The van der Waals surface area contributed by atoms with Gasteiger partial charge < -0.3 is 17.2 Å². The summed E-state index contributed by atoms with van der Waals surface area (Å²) >= 11 is 0. The summed E-state index contributed by atoms with van der Waals surface area (Å²) in [6, 6.07) is 12.0. The van der Waals surface area contributed by atoms with Crippen molar-refractivity contribution in [3.05, 3.63) is 48.0 Å². The number of hydrogen-bond acceptors (Lipinski definition) is 4. The highest BCUT2D eigenvalue weighted by Gasteiger charge is 2.18. The Morgan fingerprint density at radius 2 is 1.79 bits per heavy atom. The summed E-state index contributed by atoms with van der Waals surface area (Å²) in [5, 5.41) is 4.06. The van der Waals surface area contributed by atoms with Crippen molar-refractivity contribution < 1.29 is 9.59 Å². The lowest BCUT2D eigenvalue weighted by Crippen LogP contribution is -2.43. The molecule has 0 unspecified atom stereocenters. The van der Waals surface area contributed by atoms with Gasteiger partial charge in [0.15, 0.2) is 5.96 Å². The average Bonchev–Trinajstić information content (AvgIpc) is 2.57. The number of nitrogens with one attached hydrogen (secondary N) is 1. The van der Waals surface area contributed by atoms with Crippen LogP contribution in [-0.4, -0.2) is 30.4 Å². The predicted octanol–water partition coefficient (Wildman–Crippen LogP) is 0.477. The number of hydrogen-bond donors (Lipinski definition) is 4. The summed E-state index contributed by atoms with van der Waals surface area (Å²) in [5.74, 6) is -0.978. The first-order chi connectivity index (χ1) is 11.5. The van der Waals surface area contributed by atoms with Crippen LogP contribution in [0.1, 0.15) is 23.2 Å². The number of imide groups is 1. The summed E-state index contributed by atoms with van der Waals surface area (Å²) in [6.45, 7) is 0.389. The van der Waals surface area contributed by atoms with Crippen LogP contribution in [0.15, 0.2) is 47.5 Å². The van der Waals surface area contributed by atoms with Gasteiger partial charge in [0.25, 0.3) is 5.91 Å². The molecule has 0 saturated carbocycles. The van der Waals surface area contributed by atoms with E-state index in [2.05, 4.69) is 10.3 Å². The first-order valence-electron chi connectivity index (χ1n) is 7.63. The van der Waals surface area contributed by atoms with Crippen LogP contribution in [-0.2, 0) is 4.79 Å². The highest BCUT2D eigenvalue weighted by molar-refractivity contribution is 6.12. The van der Waals surface area contributed by atoms with Gasteiger partial charge in [-0.1, -0.05) is 36.4 Å². The van der Waals surface area contributed by atoms with Gasteiger partial charge in [-0.2, -0.15) is 0 Å². The Morgan fingerprint density at radius 3 is 2.54 bits per heavy atom. The average molecular weight is 327 g/mol. The highest BCUT2D eigenvalue weighted by Crippen LogP contribution is 2.18. The minimum Gasteiger partial charge on any atom is -0.370 e. The number of aliphatic imine (C=N–C) groups is 1. The van der Waals surface area contributed by atoms with Crippen molar-refractivity contribution in [1.29, 1.82) is 0 Å². The third-order valence-electron chi connectivity index (χ3n) is 3.58. The Morgan fingerprint density at radius 1 is 1.08 bits per heavy atom. The zero-order valence-corrected chi connectivity index (χ0v) is 13.2. The number of nitrogens with zero attached hydrogens (tertiary/aromatic N) is 1. The van der Waals surface area contributed by atoms with Crippen molar-refractivity contribution in [3.63, 3.8) is 0 Å². The molecule has 7 N–H and O–H groups in total. The SMILES string of the molecule is NC(N)=NCCC[C@H](N)C(=O)NC(=O)c1cccc2ccccc12. The molecule has 2 rings (SSSR count). The first kappa shape index (κ1) is 17.4. The molecule has 0 saturated heterocycles. The molecule has 7 nitrogen and oxygen atoms in total. The molecule has 0 bridgehead atoms. The van der Waals surface area contributed by atoms with Gasteiger partial charge in [-0.25, -0.2) is 0 Å². The smallest absolute Gasteiger partial charge is 0.258 e. The lowest BCUT2D eigenvalue weighted by atomic mass is 10.0. The number of benzene rings is 2. The Kier molecular flexibility index (Phi) is 5.86. The van der Waals surface area contributed by atoms with Crippen LogP contribution in [0.4, 0.5) is 0 Å². The monoisotopic (exact) mass is 327 g/mol. The van der Waals surface area contributed by atoms with Crippen molar-refractivity contribution in [1.82, 2.24) is 5.32 Å². The standard InChI is InChI=1S/C17H21N5O2/c18-14(9-4-10-21-17(19)20)16(24)22-15(23)13-8-3-6-11-5-1-2-7-12(11)13/h1-3,5-8,14H,4,9-10,18H2,(H4,19,20,21)(H,22,23,24)/t14-/m0/s1. The molecule has 24 heavy (non-hydrogen) atoms. The van der Waals surface area contributed by atoms with Crippen LogP contribution in [0.5, 0.6) is 0 Å². The van der Waals surface area contributed by atoms with Crippen molar-refractivity contribution in [3.8, 4) is 0 Å². The van der Waals surface area contributed by atoms with E-state index in [0.717, 1.165) is 10.8 Å². The summed E-state index contributed by atoms with van der Waals surface area (Å²) in [5.41, 5.74) is 16.7. The van der Waals surface area contributed by atoms with E-state index in [1.54, 1.807) is 12.1 Å². The fourth-order valence-electron chi connectivity index (χ4n) is 2.35. The minimum absolute atomic E-state index is 0.000781. The van der Waals surface area contributed by atoms with Gasteiger partial charge >= 0.3 is 0 Å². The van der Waals surface area contributed by atoms with E-state index in [4.69, 9.17) is 17.2 Å². The first-order valence-corrected chi connectivity index (χ1v) is 7.63. The second-order valence-electron chi connectivity index (χ2n) is 5.40. The fraction of sp³-hybridized carbons (Fsp3) is 0.235. The third kappa shape index (κ3) is 4.53. The van der Waals surface area contributed by atoms with E-state index in [-0.39, 0.29) is 5.96 Å². The van der Waals surface area contributed by atoms with Crippen LogP contribution in [0.3, 0.4) is 0 Å². The quantitative estimate of drug-likeness (QED) is 0.347. The van der Waals surface area contributed by atoms with E-state index in [1.807, 2.05) is 30.3 Å². The molecule has 2 aromatic carbocycles. The molecule has 0 heterocycles. The largest absolute Gasteiger partial charge is 0.370 e. The Balaban J connectivity index is 1.98. The molecule has 0 aliphatic rings. The molecule has 0 aliphatic carbocycles. The molecule has 0 spiro atoms. The van der Waals surface area contributed by atoms with Crippen molar-refractivity contribution in [2.75, 3.05) is 6.54 Å². The molecule has 0 fully saturated rings. The molecule has 7 heteroatoms. The number of carbonyl (C=O) groups excluding carboxylic acids is 2. The number of rotatable bonds is 6. The Labute approximate surface area is 139 Å². The second kappa shape index (κ2) is 8.07. The van der Waals surface area contributed by atoms with Crippen molar-refractivity contribution >= 4 is 28.5 Å². The van der Waals surface area contributed by atoms with Gasteiger partial charge in [-0.05, 0) is 29.7 Å². The Bertz CT molecular complexity index is 763. The number of amides is 2. The highest BCUT2D eigenvalue weighted by atomic mass is 16.2. The van der Waals surface area contributed by atoms with Gasteiger partial charge in [-0.15, -0.1) is 0 Å². The van der Waals surface area contributed by atoms with E-state index < -0.39 is 17.9 Å². The maximum absolute atomic E-state index is 12.4. The minimum atomic E-state index is -0.793. The van der Waals surface area contributed by atoms with Crippen molar-refractivity contribution in [2.45, 2.75) is 18.9 Å². The summed E-state index contributed by atoms with van der Waals surface area (Å²) in [4.78, 5) is 28.2. The van der Waals surface area contributed by atoms with E-state index in [1.165, 1.54) is 0 Å². The molecule has 126 valence electrons. The molecule has 0 radical (unpaired) electrons. The fourth-order valence-corrected chi connectivity index (χ4v) is 2.35. The van der Waals surface area contributed by atoms with Gasteiger partial charge in [0, 0.05) is 12.1 Å². The normalized spacial score (nSPS) is 11.7. The molecule has 1 atom stereocenters. The lowest BCUT2D eigenvalue weighted by molar-refractivity contribution is -0.121. The van der Waals surface area contributed by atoms with Crippen molar-refractivity contribution in [2.24, 2.45) is 22.2 Å². The van der Waals surface area contributed by atoms with Crippen LogP contribution in [0, 0.1) is 0 Å². The third-order valence-corrected chi connectivity index (χ3v) is 3.58. The van der Waals surface area contributed by atoms with Gasteiger partial charge in [0.2, 0.25) is 5.91 Å². The summed E-state index contributed by atoms with van der Waals surface area (Å²) in [6.07, 6.45) is 0.931. The van der Waals surface area contributed by atoms with Crippen LogP contribution in [0.2, 0.25) is 0 Å². The molecule has 0 aliphatic heterocycles.